The van der Waals surface area contributed by atoms with Gasteiger partial charge in [0, 0.05) is 55.6 Å². The van der Waals surface area contributed by atoms with E-state index in [9.17, 15) is 14.9 Å². The van der Waals surface area contributed by atoms with Crippen LogP contribution in [0.1, 0.15) is 18.4 Å². The number of halogens is 1. The van der Waals surface area contributed by atoms with Gasteiger partial charge in [0.2, 0.25) is 5.91 Å². The molecular formula is C25H29ClN4O5. The Hall–Kier alpha value is -3.04. The first kappa shape index (κ1) is 23.7. The van der Waals surface area contributed by atoms with E-state index in [2.05, 4.69) is 15.1 Å². The highest BCUT2D eigenvalue weighted by atomic mass is 35.5. The smallest absolute Gasteiger partial charge is 0.269 e. The number of nitrogens with zero attached hydrogens (tertiary/aromatic N) is 3. The number of carbonyl (C=O) groups is 1. The van der Waals surface area contributed by atoms with Crippen molar-refractivity contribution in [2.24, 2.45) is 5.92 Å². The van der Waals surface area contributed by atoms with Gasteiger partial charge in [-0.15, -0.1) is 0 Å². The second kappa shape index (κ2) is 9.91. The van der Waals surface area contributed by atoms with Crippen molar-refractivity contribution < 1.29 is 19.2 Å². The number of ether oxygens (including phenoxy) is 2. The van der Waals surface area contributed by atoms with Crippen molar-refractivity contribution in [1.82, 2.24) is 5.32 Å². The Kier molecular flexibility index (Phi) is 6.71. The normalized spacial score (nSPS) is 23.4. The third kappa shape index (κ3) is 4.75. The molecule has 186 valence electrons. The second-order valence-electron chi connectivity index (χ2n) is 9.28. The number of amides is 1. The van der Waals surface area contributed by atoms with E-state index >= 15 is 0 Å². The Morgan fingerprint density at radius 3 is 2.86 bits per heavy atom. The minimum absolute atomic E-state index is 0.0445. The van der Waals surface area contributed by atoms with Crippen LogP contribution in [0.2, 0.25) is 5.02 Å². The molecule has 0 aromatic heterocycles. The molecule has 5 rings (SSSR count). The van der Waals surface area contributed by atoms with Crippen LogP contribution >= 0.6 is 11.6 Å². The van der Waals surface area contributed by atoms with Gasteiger partial charge in [-0.2, -0.15) is 0 Å². The summed E-state index contributed by atoms with van der Waals surface area (Å²) in [6.07, 6.45) is 2.44. The summed E-state index contributed by atoms with van der Waals surface area (Å²) in [4.78, 5) is 28.9. The molecule has 0 bridgehead atoms. The number of piperazine rings is 1. The number of carbonyl (C=O) groups excluding carboxylic acids is 1. The molecule has 3 aliphatic rings. The summed E-state index contributed by atoms with van der Waals surface area (Å²) >= 11 is 6.30. The van der Waals surface area contributed by atoms with Crippen molar-refractivity contribution in [3.63, 3.8) is 0 Å². The minimum Gasteiger partial charge on any atom is -0.495 e. The van der Waals surface area contributed by atoms with E-state index < -0.39 is 0 Å². The number of nitrogens with one attached hydrogen (secondary N) is 1. The van der Waals surface area contributed by atoms with Crippen LogP contribution in [0.4, 0.5) is 17.1 Å². The molecule has 9 nitrogen and oxygen atoms in total. The standard InChI is InChI=1S/C25H29ClN4O5/c1-34-24-7-4-17(26)13-22(24)28-8-9-29-21-6-5-18(30(32)33)11-16(21)12-20(23(29)15-28)25(31)27-14-19-3-2-10-35-19/h4-7,11,13,19-20,23H,2-3,8-10,12,14-15H2,1H3,(H,27,31)/t19-,20-,23+/m0/s1. The Bertz CT molecular complexity index is 1120. The largest absolute Gasteiger partial charge is 0.495 e. The van der Waals surface area contributed by atoms with Gasteiger partial charge in [0.1, 0.15) is 5.75 Å². The molecule has 2 aromatic carbocycles. The molecule has 3 heterocycles. The Morgan fingerprint density at radius 1 is 1.26 bits per heavy atom. The molecule has 0 aliphatic carbocycles. The lowest BCUT2D eigenvalue weighted by atomic mass is 9.83. The van der Waals surface area contributed by atoms with Crippen LogP contribution in [0.3, 0.4) is 0 Å². The summed E-state index contributed by atoms with van der Waals surface area (Å²) in [6, 6.07) is 10.4. The molecule has 3 aliphatic heterocycles. The van der Waals surface area contributed by atoms with E-state index in [1.807, 2.05) is 18.2 Å². The maximum Gasteiger partial charge on any atom is 0.269 e. The van der Waals surface area contributed by atoms with Gasteiger partial charge in [-0.25, -0.2) is 0 Å². The van der Waals surface area contributed by atoms with E-state index in [-0.39, 0.29) is 34.6 Å². The topological polar surface area (TPSA) is 97.2 Å². The fraction of sp³-hybridized carbons (Fsp3) is 0.480. The van der Waals surface area contributed by atoms with Crippen LogP contribution in [-0.2, 0) is 16.0 Å². The molecule has 0 spiro atoms. The van der Waals surface area contributed by atoms with E-state index in [0.717, 1.165) is 42.1 Å². The molecule has 35 heavy (non-hydrogen) atoms. The van der Waals surface area contributed by atoms with E-state index in [1.54, 1.807) is 25.3 Å². The number of hydrogen-bond donors (Lipinski definition) is 1. The van der Waals surface area contributed by atoms with Crippen molar-refractivity contribution in [3.8, 4) is 5.75 Å². The lowest BCUT2D eigenvalue weighted by molar-refractivity contribution is -0.384. The average Bonchev–Trinajstić information content (AvgIpc) is 3.39. The number of methoxy groups -OCH3 is 1. The van der Waals surface area contributed by atoms with E-state index in [4.69, 9.17) is 21.1 Å². The SMILES string of the molecule is COc1ccc(Cl)cc1N1CCN2c3ccc([N+](=O)[O-])cc3C[C@H](C(=O)NC[C@@H]3CCCO3)[C@H]2C1. The summed E-state index contributed by atoms with van der Waals surface area (Å²) in [6.45, 7) is 3.18. The van der Waals surface area contributed by atoms with Gasteiger partial charge < -0.3 is 24.6 Å². The predicted molar refractivity (Wildman–Crippen MR) is 134 cm³/mol. The van der Waals surface area contributed by atoms with Gasteiger partial charge >= 0.3 is 0 Å². The lowest BCUT2D eigenvalue weighted by Gasteiger charge is -2.49. The molecule has 1 amide bonds. The van der Waals surface area contributed by atoms with Crippen molar-refractivity contribution >= 4 is 34.6 Å². The summed E-state index contributed by atoms with van der Waals surface area (Å²) in [5.74, 6) is 0.320. The summed E-state index contributed by atoms with van der Waals surface area (Å²) in [5, 5.41) is 15.1. The van der Waals surface area contributed by atoms with Crippen LogP contribution < -0.4 is 19.9 Å². The molecule has 2 aromatic rings. The maximum atomic E-state index is 13.5. The van der Waals surface area contributed by atoms with Crippen LogP contribution in [0.15, 0.2) is 36.4 Å². The van der Waals surface area contributed by atoms with Gasteiger partial charge in [0.05, 0.1) is 35.8 Å². The monoisotopic (exact) mass is 500 g/mol. The zero-order chi connectivity index (χ0) is 24.5. The molecule has 0 radical (unpaired) electrons. The third-order valence-electron chi connectivity index (χ3n) is 7.25. The minimum atomic E-state index is -0.387. The second-order valence-corrected chi connectivity index (χ2v) is 9.72. The first-order chi connectivity index (χ1) is 16.9. The summed E-state index contributed by atoms with van der Waals surface area (Å²) in [7, 11) is 1.63. The number of nitro groups is 1. The zero-order valence-corrected chi connectivity index (χ0v) is 20.4. The van der Waals surface area contributed by atoms with Crippen molar-refractivity contribution in [3.05, 3.63) is 57.1 Å². The van der Waals surface area contributed by atoms with Gasteiger partial charge in [-0.05, 0) is 49.1 Å². The van der Waals surface area contributed by atoms with E-state index in [0.29, 0.717) is 37.6 Å². The van der Waals surface area contributed by atoms with Gasteiger partial charge in [0.15, 0.2) is 0 Å². The van der Waals surface area contributed by atoms with Crippen molar-refractivity contribution in [2.45, 2.75) is 31.4 Å². The molecule has 3 atom stereocenters. The number of non-ortho nitro benzene ring substituents is 1. The fourth-order valence-corrected chi connectivity index (χ4v) is 5.67. The van der Waals surface area contributed by atoms with Crippen molar-refractivity contribution in [2.75, 3.05) is 49.7 Å². The lowest BCUT2D eigenvalue weighted by Crippen LogP contribution is -2.61. The van der Waals surface area contributed by atoms with E-state index in [1.165, 1.54) is 0 Å². The third-order valence-corrected chi connectivity index (χ3v) is 7.49. The number of fused-ring (bicyclic) bond motifs is 3. The molecular weight excluding hydrogens is 472 g/mol. The first-order valence-electron chi connectivity index (χ1n) is 12.0. The predicted octanol–water partition coefficient (Wildman–Crippen LogP) is 3.42. The van der Waals surface area contributed by atoms with Crippen LogP contribution in [0.25, 0.3) is 0 Å². The van der Waals surface area contributed by atoms with Crippen molar-refractivity contribution in [1.29, 1.82) is 0 Å². The van der Waals surface area contributed by atoms with Crippen LogP contribution in [0.5, 0.6) is 5.75 Å². The Morgan fingerprint density at radius 2 is 2.11 bits per heavy atom. The van der Waals surface area contributed by atoms with Gasteiger partial charge in [0.25, 0.3) is 5.69 Å². The highest BCUT2D eigenvalue weighted by Gasteiger charge is 2.42. The van der Waals surface area contributed by atoms with Gasteiger partial charge in [-0.1, -0.05) is 11.6 Å². The molecule has 10 heteroatoms. The number of rotatable bonds is 6. The summed E-state index contributed by atoms with van der Waals surface area (Å²) in [5.41, 5.74) is 2.73. The molecule has 0 unspecified atom stereocenters. The highest BCUT2D eigenvalue weighted by molar-refractivity contribution is 6.31. The Labute approximate surface area is 209 Å². The zero-order valence-electron chi connectivity index (χ0n) is 19.6. The average molecular weight is 501 g/mol. The molecule has 0 saturated carbocycles. The molecule has 2 saturated heterocycles. The number of nitro benzene ring substituents is 1. The molecule has 2 fully saturated rings. The fourth-order valence-electron chi connectivity index (χ4n) is 5.50. The number of hydrogen-bond acceptors (Lipinski definition) is 7. The summed E-state index contributed by atoms with van der Waals surface area (Å²) < 4.78 is 11.3. The quantitative estimate of drug-likeness (QED) is 0.479. The number of anilines is 2. The molecule has 1 N–H and O–H groups in total. The Balaban J connectivity index is 1.44. The van der Waals surface area contributed by atoms with Crippen LogP contribution in [-0.4, -0.2) is 62.9 Å². The number of benzene rings is 2. The highest BCUT2D eigenvalue weighted by Crippen LogP contribution is 2.40. The van der Waals surface area contributed by atoms with Crippen LogP contribution in [0, 0.1) is 16.0 Å². The van der Waals surface area contributed by atoms with Gasteiger partial charge in [-0.3, -0.25) is 14.9 Å². The maximum absolute atomic E-state index is 13.5. The first-order valence-corrected chi connectivity index (χ1v) is 12.3.